The van der Waals surface area contributed by atoms with Crippen molar-refractivity contribution in [2.45, 2.75) is 20.4 Å². The SMILES string of the molecule is CCOC(=O)Oc1ccc(C(=O)NCc2cccc(NC(=O)/C=C/c3ccccc3C)c2)cc1. The lowest BCUT2D eigenvalue weighted by atomic mass is 10.1. The molecule has 2 N–H and O–H groups in total. The number of hydrogen-bond acceptors (Lipinski definition) is 5. The summed E-state index contributed by atoms with van der Waals surface area (Å²) in [5.74, 6) is -0.234. The summed E-state index contributed by atoms with van der Waals surface area (Å²) in [6, 6.07) is 21.2. The van der Waals surface area contributed by atoms with Crippen LogP contribution in [-0.2, 0) is 16.1 Å². The number of aryl methyl sites for hydroxylation is 1. The van der Waals surface area contributed by atoms with Gasteiger partial charge < -0.3 is 20.1 Å². The topological polar surface area (TPSA) is 93.7 Å². The van der Waals surface area contributed by atoms with Crippen molar-refractivity contribution in [3.05, 3.63) is 101 Å². The maximum absolute atomic E-state index is 12.4. The molecule has 0 aliphatic carbocycles. The van der Waals surface area contributed by atoms with Gasteiger partial charge in [0, 0.05) is 23.9 Å². The Hall–Kier alpha value is -4.39. The Morgan fingerprint density at radius 2 is 1.71 bits per heavy atom. The minimum Gasteiger partial charge on any atom is -0.434 e. The first-order valence-electron chi connectivity index (χ1n) is 10.8. The Bertz CT molecular complexity index is 1190. The molecule has 0 aliphatic heterocycles. The average molecular weight is 459 g/mol. The second kappa shape index (κ2) is 12.0. The van der Waals surface area contributed by atoms with Gasteiger partial charge in [0.1, 0.15) is 5.75 Å². The Morgan fingerprint density at radius 3 is 2.44 bits per heavy atom. The monoisotopic (exact) mass is 458 g/mol. The Morgan fingerprint density at radius 1 is 0.941 bits per heavy atom. The second-order valence-corrected chi connectivity index (χ2v) is 7.37. The van der Waals surface area contributed by atoms with E-state index in [-0.39, 0.29) is 30.7 Å². The van der Waals surface area contributed by atoms with Gasteiger partial charge in [-0.05, 0) is 73.0 Å². The molecule has 34 heavy (non-hydrogen) atoms. The van der Waals surface area contributed by atoms with Crippen LogP contribution in [0.2, 0.25) is 0 Å². The highest BCUT2D eigenvalue weighted by Gasteiger charge is 2.09. The van der Waals surface area contributed by atoms with Gasteiger partial charge in [0.2, 0.25) is 5.91 Å². The quantitative estimate of drug-likeness (QED) is 0.278. The average Bonchev–Trinajstić information content (AvgIpc) is 2.83. The first kappa shape index (κ1) is 24.3. The summed E-state index contributed by atoms with van der Waals surface area (Å²) in [7, 11) is 0. The molecule has 0 saturated heterocycles. The van der Waals surface area contributed by atoms with E-state index >= 15 is 0 Å². The zero-order chi connectivity index (χ0) is 24.3. The molecule has 0 radical (unpaired) electrons. The number of rotatable bonds is 8. The summed E-state index contributed by atoms with van der Waals surface area (Å²) >= 11 is 0. The number of anilines is 1. The number of carbonyl (C=O) groups excluding carboxylic acids is 3. The molecule has 0 bridgehead atoms. The first-order chi connectivity index (χ1) is 16.4. The lowest BCUT2D eigenvalue weighted by molar-refractivity contribution is -0.111. The third-order valence-electron chi connectivity index (χ3n) is 4.83. The number of amides is 2. The van der Waals surface area contributed by atoms with Gasteiger partial charge in [-0.25, -0.2) is 4.79 Å². The molecular weight excluding hydrogens is 432 g/mol. The summed E-state index contributed by atoms with van der Waals surface area (Å²) in [5, 5.41) is 5.66. The molecule has 7 nitrogen and oxygen atoms in total. The van der Waals surface area contributed by atoms with E-state index in [1.165, 1.54) is 18.2 Å². The molecule has 3 aromatic rings. The molecule has 0 fully saturated rings. The highest BCUT2D eigenvalue weighted by molar-refractivity contribution is 6.02. The summed E-state index contributed by atoms with van der Waals surface area (Å²) in [5.41, 5.74) is 3.95. The number of benzene rings is 3. The molecule has 0 unspecified atom stereocenters. The van der Waals surface area contributed by atoms with E-state index in [9.17, 15) is 14.4 Å². The fourth-order valence-corrected chi connectivity index (χ4v) is 3.08. The van der Waals surface area contributed by atoms with Crippen molar-refractivity contribution in [2.75, 3.05) is 11.9 Å². The number of nitrogens with one attached hydrogen (secondary N) is 2. The van der Waals surface area contributed by atoms with E-state index < -0.39 is 6.16 Å². The van der Waals surface area contributed by atoms with E-state index in [0.717, 1.165) is 16.7 Å². The minimum absolute atomic E-state index is 0.217. The molecule has 3 aromatic carbocycles. The van der Waals surface area contributed by atoms with Gasteiger partial charge in [0.25, 0.3) is 5.91 Å². The van der Waals surface area contributed by atoms with Crippen LogP contribution in [0, 0.1) is 6.92 Å². The van der Waals surface area contributed by atoms with Gasteiger partial charge >= 0.3 is 6.16 Å². The van der Waals surface area contributed by atoms with Crippen LogP contribution in [0.3, 0.4) is 0 Å². The van der Waals surface area contributed by atoms with Crippen LogP contribution >= 0.6 is 0 Å². The standard InChI is InChI=1S/C27H26N2O5/c1-3-33-27(32)34-24-14-11-22(12-15-24)26(31)28-18-20-8-6-10-23(17-20)29-25(30)16-13-21-9-5-4-7-19(21)2/h4-17H,3,18H2,1-2H3,(H,28,31)(H,29,30)/b16-13+. The third-order valence-corrected chi connectivity index (χ3v) is 4.83. The lowest BCUT2D eigenvalue weighted by Gasteiger charge is -2.09. The van der Waals surface area contributed by atoms with Gasteiger partial charge in [-0.2, -0.15) is 0 Å². The van der Waals surface area contributed by atoms with Crippen molar-refractivity contribution < 1.29 is 23.9 Å². The zero-order valence-corrected chi connectivity index (χ0v) is 19.0. The van der Waals surface area contributed by atoms with Gasteiger partial charge in [-0.3, -0.25) is 9.59 Å². The molecule has 7 heteroatoms. The second-order valence-electron chi connectivity index (χ2n) is 7.37. The zero-order valence-electron chi connectivity index (χ0n) is 19.0. The third kappa shape index (κ3) is 7.34. The molecule has 0 spiro atoms. The summed E-state index contributed by atoms with van der Waals surface area (Å²) < 4.78 is 9.69. The number of ether oxygens (including phenoxy) is 2. The van der Waals surface area contributed by atoms with E-state index in [4.69, 9.17) is 9.47 Å². The number of hydrogen-bond donors (Lipinski definition) is 2. The fourth-order valence-electron chi connectivity index (χ4n) is 3.08. The Kier molecular flexibility index (Phi) is 8.57. The number of carbonyl (C=O) groups is 3. The van der Waals surface area contributed by atoms with Crippen LogP contribution in [0.4, 0.5) is 10.5 Å². The van der Waals surface area contributed by atoms with Gasteiger partial charge in [-0.1, -0.05) is 36.4 Å². The first-order valence-corrected chi connectivity index (χ1v) is 10.8. The van der Waals surface area contributed by atoms with Crippen molar-refractivity contribution in [3.63, 3.8) is 0 Å². The maximum Gasteiger partial charge on any atom is 0.513 e. The maximum atomic E-state index is 12.4. The van der Waals surface area contributed by atoms with Crippen molar-refractivity contribution in [1.29, 1.82) is 0 Å². The fraction of sp³-hybridized carbons (Fsp3) is 0.148. The summed E-state index contributed by atoms with van der Waals surface area (Å²) in [6.45, 7) is 4.17. The van der Waals surface area contributed by atoms with Gasteiger partial charge in [0.15, 0.2) is 0 Å². The van der Waals surface area contributed by atoms with Crippen LogP contribution in [0.15, 0.2) is 78.9 Å². The van der Waals surface area contributed by atoms with E-state index in [0.29, 0.717) is 11.3 Å². The molecular formula is C27H26N2O5. The van der Waals surface area contributed by atoms with Gasteiger partial charge in [0.05, 0.1) is 6.61 Å². The molecule has 2 amide bonds. The van der Waals surface area contributed by atoms with Crippen LogP contribution in [0.25, 0.3) is 6.08 Å². The highest BCUT2D eigenvalue weighted by Crippen LogP contribution is 2.15. The molecule has 0 aliphatic rings. The van der Waals surface area contributed by atoms with Crippen molar-refractivity contribution in [1.82, 2.24) is 5.32 Å². The predicted molar refractivity (Wildman–Crippen MR) is 131 cm³/mol. The minimum atomic E-state index is -0.794. The van der Waals surface area contributed by atoms with Crippen molar-refractivity contribution >= 4 is 29.7 Å². The molecule has 0 saturated carbocycles. The normalized spacial score (nSPS) is 10.5. The highest BCUT2D eigenvalue weighted by atomic mass is 16.7. The lowest BCUT2D eigenvalue weighted by Crippen LogP contribution is -2.22. The molecule has 174 valence electrons. The van der Waals surface area contributed by atoms with E-state index in [1.807, 2.05) is 43.3 Å². The van der Waals surface area contributed by atoms with Crippen LogP contribution in [0.5, 0.6) is 5.75 Å². The van der Waals surface area contributed by atoms with Crippen LogP contribution in [0.1, 0.15) is 34.0 Å². The summed E-state index contributed by atoms with van der Waals surface area (Å²) in [6.07, 6.45) is 2.47. The Balaban J connectivity index is 1.53. The van der Waals surface area contributed by atoms with E-state index in [1.54, 1.807) is 37.3 Å². The largest absolute Gasteiger partial charge is 0.513 e. The Labute approximate surface area is 198 Å². The molecule has 0 aromatic heterocycles. The van der Waals surface area contributed by atoms with Crippen molar-refractivity contribution in [2.24, 2.45) is 0 Å². The molecule has 3 rings (SSSR count). The molecule has 0 atom stereocenters. The van der Waals surface area contributed by atoms with Crippen molar-refractivity contribution in [3.8, 4) is 5.75 Å². The van der Waals surface area contributed by atoms with Crippen LogP contribution in [-0.4, -0.2) is 24.6 Å². The predicted octanol–water partition coefficient (Wildman–Crippen LogP) is 5.11. The van der Waals surface area contributed by atoms with E-state index in [2.05, 4.69) is 10.6 Å². The van der Waals surface area contributed by atoms with Crippen LogP contribution < -0.4 is 15.4 Å². The molecule has 0 heterocycles. The van der Waals surface area contributed by atoms with Gasteiger partial charge in [-0.15, -0.1) is 0 Å². The smallest absolute Gasteiger partial charge is 0.434 e. The summed E-state index contributed by atoms with van der Waals surface area (Å²) in [4.78, 5) is 36.1.